The molecule has 1 fully saturated rings. The number of nitrogens with zero attached hydrogens (tertiary/aromatic N) is 2. The van der Waals surface area contributed by atoms with Crippen LogP contribution in [0, 0.1) is 0 Å². The van der Waals surface area contributed by atoms with Crippen molar-refractivity contribution in [2.24, 2.45) is 0 Å². The van der Waals surface area contributed by atoms with Crippen LogP contribution < -0.4 is 24.4 Å². The van der Waals surface area contributed by atoms with Gasteiger partial charge in [0.25, 0.3) is 5.91 Å². The molecule has 168 valence electrons. The minimum absolute atomic E-state index is 0.0246. The molecule has 0 bridgehead atoms. The van der Waals surface area contributed by atoms with E-state index in [-0.39, 0.29) is 25.2 Å². The third-order valence-electron chi connectivity index (χ3n) is 5.88. The van der Waals surface area contributed by atoms with Crippen LogP contribution in [0.2, 0.25) is 5.02 Å². The second kappa shape index (κ2) is 8.78. The first-order valence-electron chi connectivity index (χ1n) is 10.8. The van der Waals surface area contributed by atoms with Crippen LogP contribution in [0.15, 0.2) is 36.4 Å². The molecule has 1 saturated heterocycles. The number of fused-ring (bicyclic) bond motifs is 2. The number of carbonyl (C=O) groups is 2. The van der Waals surface area contributed by atoms with Crippen molar-refractivity contribution in [3.63, 3.8) is 0 Å². The van der Waals surface area contributed by atoms with E-state index in [0.717, 1.165) is 38.0 Å². The number of benzene rings is 2. The molecule has 2 amide bonds. The van der Waals surface area contributed by atoms with Gasteiger partial charge in [0.2, 0.25) is 12.7 Å². The predicted molar refractivity (Wildman–Crippen MR) is 120 cm³/mol. The minimum Gasteiger partial charge on any atom is -0.477 e. The quantitative estimate of drug-likeness (QED) is 0.759. The average Bonchev–Trinajstić information content (AvgIpc) is 3.26. The standard InChI is InChI=1S/C23H24ClN3O5/c24-15-10-19-20(31-14-30-19)11-16(15)25-22(28)13-27-12-21(23(29)26-8-4-1-5-9-26)32-18-7-3-2-6-17(18)27/h2-3,6-7,10-11,21H,1,4-5,8-9,12-14H2,(H,25,28). The number of anilines is 2. The Morgan fingerprint density at radius 3 is 2.59 bits per heavy atom. The number of hydrogen-bond donors (Lipinski definition) is 1. The number of nitrogens with one attached hydrogen (secondary N) is 1. The number of likely N-dealkylation sites (tertiary alicyclic amines) is 1. The lowest BCUT2D eigenvalue weighted by molar-refractivity contribution is -0.139. The molecule has 2 aromatic rings. The summed E-state index contributed by atoms with van der Waals surface area (Å²) in [5, 5.41) is 3.21. The molecule has 9 heteroatoms. The molecule has 0 aromatic heterocycles. The maximum Gasteiger partial charge on any atom is 0.265 e. The zero-order valence-corrected chi connectivity index (χ0v) is 18.3. The van der Waals surface area contributed by atoms with Crippen LogP contribution in [-0.4, -0.2) is 55.8 Å². The molecule has 0 radical (unpaired) electrons. The van der Waals surface area contributed by atoms with Crippen LogP contribution in [-0.2, 0) is 9.59 Å². The first kappa shape index (κ1) is 20.8. The summed E-state index contributed by atoms with van der Waals surface area (Å²) in [4.78, 5) is 29.7. The number of rotatable bonds is 4. The summed E-state index contributed by atoms with van der Waals surface area (Å²) >= 11 is 6.29. The predicted octanol–water partition coefficient (Wildman–Crippen LogP) is 3.29. The Morgan fingerprint density at radius 1 is 1.03 bits per heavy atom. The summed E-state index contributed by atoms with van der Waals surface area (Å²) < 4.78 is 16.7. The van der Waals surface area contributed by atoms with Gasteiger partial charge >= 0.3 is 0 Å². The van der Waals surface area contributed by atoms with Crippen LogP contribution in [0.25, 0.3) is 0 Å². The second-order valence-corrected chi connectivity index (χ2v) is 8.48. The molecule has 32 heavy (non-hydrogen) atoms. The fourth-order valence-electron chi connectivity index (χ4n) is 4.28. The van der Waals surface area contributed by atoms with Crippen molar-refractivity contribution in [2.75, 3.05) is 43.2 Å². The van der Waals surface area contributed by atoms with E-state index in [2.05, 4.69) is 5.32 Å². The fraction of sp³-hybridized carbons (Fsp3) is 0.391. The Balaban J connectivity index is 1.31. The molecular weight excluding hydrogens is 434 g/mol. The molecule has 0 spiro atoms. The van der Waals surface area contributed by atoms with Gasteiger partial charge in [0, 0.05) is 25.2 Å². The van der Waals surface area contributed by atoms with E-state index < -0.39 is 6.10 Å². The van der Waals surface area contributed by atoms with Crippen molar-refractivity contribution < 1.29 is 23.8 Å². The average molecular weight is 458 g/mol. The first-order chi connectivity index (χ1) is 15.6. The summed E-state index contributed by atoms with van der Waals surface area (Å²) in [6.07, 6.45) is 2.52. The molecule has 8 nitrogen and oxygen atoms in total. The molecule has 1 unspecified atom stereocenters. The maximum absolute atomic E-state index is 13.1. The van der Waals surface area contributed by atoms with Gasteiger partial charge < -0.3 is 29.3 Å². The van der Waals surface area contributed by atoms with Crippen molar-refractivity contribution in [2.45, 2.75) is 25.4 Å². The number of para-hydroxylation sites is 2. The number of hydrogen-bond acceptors (Lipinski definition) is 6. The van der Waals surface area contributed by atoms with Crippen LogP contribution in [0.5, 0.6) is 17.2 Å². The monoisotopic (exact) mass is 457 g/mol. The lowest BCUT2D eigenvalue weighted by Gasteiger charge is -2.38. The Kier molecular flexibility index (Phi) is 5.70. The van der Waals surface area contributed by atoms with E-state index in [4.69, 9.17) is 25.8 Å². The van der Waals surface area contributed by atoms with Gasteiger partial charge in [-0.3, -0.25) is 9.59 Å². The first-order valence-corrected chi connectivity index (χ1v) is 11.1. The fourth-order valence-corrected chi connectivity index (χ4v) is 4.48. The molecule has 1 N–H and O–H groups in total. The van der Waals surface area contributed by atoms with E-state index in [1.54, 1.807) is 12.1 Å². The topological polar surface area (TPSA) is 80.3 Å². The molecule has 3 aliphatic heterocycles. The summed E-state index contributed by atoms with van der Waals surface area (Å²) in [5.74, 6) is 1.40. The number of piperidine rings is 1. The summed E-state index contributed by atoms with van der Waals surface area (Å²) in [7, 11) is 0. The molecule has 1 atom stereocenters. The minimum atomic E-state index is -0.648. The van der Waals surface area contributed by atoms with Crippen molar-refractivity contribution in [3.8, 4) is 17.2 Å². The largest absolute Gasteiger partial charge is 0.477 e. The molecule has 0 aliphatic carbocycles. The van der Waals surface area contributed by atoms with Gasteiger partial charge in [-0.05, 0) is 31.4 Å². The van der Waals surface area contributed by atoms with E-state index in [0.29, 0.717) is 34.5 Å². The van der Waals surface area contributed by atoms with Crippen molar-refractivity contribution in [1.29, 1.82) is 0 Å². The molecule has 5 rings (SSSR count). The molecule has 3 heterocycles. The van der Waals surface area contributed by atoms with Crippen molar-refractivity contribution in [3.05, 3.63) is 41.4 Å². The molecular formula is C23H24ClN3O5. The number of carbonyl (C=O) groups excluding carboxylic acids is 2. The number of ether oxygens (including phenoxy) is 3. The third kappa shape index (κ3) is 4.14. The van der Waals surface area contributed by atoms with Crippen molar-refractivity contribution >= 4 is 34.8 Å². The normalized spacial score (nSPS) is 19.2. The van der Waals surface area contributed by atoms with Gasteiger partial charge in [0.1, 0.15) is 5.75 Å². The zero-order valence-electron chi connectivity index (χ0n) is 17.5. The lowest BCUT2D eigenvalue weighted by atomic mass is 10.1. The highest BCUT2D eigenvalue weighted by Crippen LogP contribution is 2.39. The van der Waals surface area contributed by atoms with Crippen LogP contribution in [0.3, 0.4) is 0 Å². The summed E-state index contributed by atoms with van der Waals surface area (Å²) in [6.45, 7) is 1.98. The highest BCUT2D eigenvalue weighted by atomic mass is 35.5. The smallest absolute Gasteiger partial charge is 0.265 e. The Labute approximate surface area is 191 Å². The van der Waals surface area contributed by atoms with Gasteiger partial charge in [-0.1, -0.05) is 23.7 Å². The highest BCUT2D eigenvalue weighted by Gasteiger charge is 2.34. The van der Waals surface area contributed by atoms with Gasteiger partial charge in [-0.15, -0.1) is 0 Å². The second-order valence-electron chi connectivity index (χ2n) is 8.07. The Morgan fingerprint density at radius 2 is 1.78 bits per heavy atom. The highest BCUT2D eigenvalue weighted by molar-refractivity contribution is 6.34. The van der Waals surface area contributed by atoms with Crippen LogP contribution in [0.1, 0.15) is 19.3 Å². The maximum atomic E-state index is 13.1. The lowest BCUT2D eigenvalue weighted by Crippen LogP contribution is -2.52. The van der Waals surface area contributed by atoms with E-state index in [1.165, 1.54) is 0 Å². The van der Waals surface area contributed by atoms with Crippen molar-refractivity contribution in [1.82, 2.24) is 4.90 Å². The zero-order chi connectivity index (χ0) is 22.1. The summed E-state index contributed by atoms with van der Waals surface area (Å²) in [5.41, 5.74) is 1.23. The molecule has 0 saturated carbocycles. The van der Waals surface area contributed by atoms with Crippen LogP contribution in [0.4, 0.5) is 11.4 Å². The van der Waals surface area contributed by atoms with E-state index >= 15 is 0 Å². The van der Waals surface area contributed by atoms with Gasteiger partial charge in [0.05, 0.1) is 29.5 Å². The number of amides is 2. The third-order valence-corrected chi connectivity index (χ3v) is 6.19. The SMILES string of the molecule is O=C(CN1CC(C(=O)N2CCCCC2)Oc2ccccc21)Nc1cc2c(cc1Cl)OCO2. The van der Waals surface area contributed by atoms with E-state index in [9.17, 15) is 9.59 Å². The molecule has 3 aliphatic rings. The Bertz CT molecular complexity index is 1040. The Hall–Kier alpha value is -3.13. The summed E-state index contributed by atoms with van der Waals surface area (Å²) in [6, 6.07) is 10.7. The number of halogens is 1. The van der Waals surface area contributed by atoms with Gasteiger partial charge in [0.15, 0.2) is 17.6 Å². The molecule has 2 aromatic carbocycles. The van der Waals surface area contributed by atoms with Gasteiger partial charge in [-0.2, -0.15) is 0 Å². The van der Waals surface area contributed by atoms with Gasteiger partial charge in [-0.25, -0.2) is 0 Å². The van der Waals surface area contributed by atoms with Crippen LogP contribution >= 0.6 is 11.6 Å². The van der Waals surface area contributed by atoms with E-state index in [1.807, 2.05) is 34.1 Å².